The van der Waals surface area contributed by atoms with Crippen LogP contribution in [0.25, 0.3) is 0 Å². The molecule has 0 spiro atoms. The van der Waals surface area contributed by atoms with Crippen molar-refractivity contribution < 1.29 is 9.18 Å². The van der Waals surface area contributed by atoms with E-state index in [0.29, 0.717) is 6.42 Å². The zero-order valence-corrected chi connectivity index (χ0v) is 14.2. The third-order valence-electron chi connectivity index (χ3n) is 4.29. The molecule has 1 N–H and O–H groups in total. The molecule has 1 aromatic heterocycles. The van der Waals surface area contributed by atoms with Crippen molar-refractivity contribution >= 4 is 23.5 Å². The minimum atomic E-state index is -0.261. The fourth-order valence-corrected chi connectivity index (χ4v) is 3.61. The maximum Gasteiger partial charge on any atom is 0.244 e. The van der Waals surface area contributed by atoms with E-state index in [0.717, 1.165) is 16.9 Å². The van der Waals surface area contributed by atoms with Gasteiger partial charge in [0.1, 0.15) is 5.82 Å². The summed E-state index contributed by atoms with van der Waals surface area (Å²) in [5.74, 6) is -0.503. The van der Waals surface area contributed by atoms with Crippen LogP contribution >= 0.6 is 11.3 Å². The van der Waals surface area contributed by atoms with Crippen LogP contribution in [-0.2, 0) is 4.79 Å². The Morgan fingerprint density at radius 3 is 2.83 bits per heavy atom. The van der Waals surface area contributed by atoms with Crippen LogP contribution in [0.1, 0.15) is 36.1 Å². The summed E-state index contributed by atoms with van der Waals surface area (Å²) < 4.78 is 13.2. The Morgan fingerprint density at radius 1 is 1.33 bits per heavy atom. The van der Waals surface area contributed by atoms with E-state index >= 15 is 0 Å². The molecule has 0 aliphatic heterocycles. The molecule has 1 aliphatic rings. The van der Waals surface area contributed by atoms with Crippen molar-refractivity contribution in [3.05, 3.63) is 69.7 Å². The van der Waals surface area contributed by atoms with Gasteiger partial charge in [-0.1, -0.05) is 29.8 Å². The third-order valence-corrected chi connectivity index (χ3v) is 5.10. The van der Waals surface area contributed by atoms with Gasteiger partial charge in [0.05, 0.1) is 12.1 Å². The number of halogens is 1. The van der Waals surface area contributed by atoms with Crippen molar-refractivity contribution in [2.75, 3.05) is 0 Å². The van der Waals surface area contributed by atoms with Crippen LogP contribution in [0.5, 0.6) is 0 Å². The van der Waals surface area contributed by atoms with Crippen molar-refractivity contribution in [3.8, 4) is 0 Å². The molecule has 3 rings (SSSR count). The summed E-state index contributed by atoms with van der Waals surface area (Å²) in [4.78, 5) is 13.5. The molecule has 1 heterocycles. The first-order chi connectivity index (χ1) is 11.6. The second-order valence-corrected chi connectivity index (χ2v) is 6.98. The second kappa shape index (κ2) is 7.53. The van der Waals surface area contributed by atoms with Crippen LogP contribution in [0.15, 0.2) is 58.5 Å². The molecular weight excluding hydrogens is 323 g/mol. The topological polar surface area (TPSA) is 41.5 Å². The molecule has 0 unspecified atom stereocenters. The van der Waals surface area contributed by atoms with Crippen LogP contribution in [0.3, 0.4) is 0 Å². The van der Waals surface area contributed by atoms with Gasteiger partial charge in [0.15, 0.2) is 0 Å². The van der Waals surface area contributed by atoms with E-state index in [1.807, 2.05) is 17.5 Å². The molecule has 5 heteroatoms. The molecule has 3 nitrogen and oxygen atoms in total. The highest BCUT2D eigenvalue weighted by Gasteiger charge is 2.31. The lowest BCUT2D eigenvalue weighted by Crippen LogP contribution is -2.32. The number of hydrogen-bond acceptors (Lipinski definition) is 3. The summed E-state index contributed by atoms with van der Waals surface area (Å²) in [5.41, 5.74) is 4.90. The molecule has 2 atom stereocenters. The molecule has 1 aliphatic carbocycles. The number of allylic oxidation sites excluding steroid dienone is 2. The fraction of sp³-hybridized carbons (Fsp3) is 0.263. The van der Waals surface area contributed by atoms with Crippen molar-refractivity contribution in [1.82, 2.24) is 5.43 Å². The molecule has 0 bridgehead atoms. The van der Waals surface area contributed by atoms with E-state index in [9.17, 15) is 9.18 Å². The van der Waals surface area contributed by atoms with E-state index < -0.39 is 0 Å². The van der Waals surface area contributed by atoms with Gasteiger partial charge in [-0.2, -0.15) is 5.10 Å². The van der Waals surface area contributed by atoms with Crippen LogP contribution in [-0.4, -0.2) is 12.1 Å². The van der Waals surface area contributed by atoms with E-state index in [1.165, 1.54) is 17.7 Å². The average molecular weight is 342 g/mol. The minimum absolute atomic E-state index is 0.0486. The molecule has 0 fully saturated rings. The molecule has 0 saturated carbocycles. The van der Waals surface area contributed by atoms with Gasteiger partial charge in [-0.05, 0) is 54.8 Å². The highest BCUT2D eigenvalue weighted by molar-refractivity contribution is 7.11. The zero-order valence-electron chi connectivity index (χ0n) is 13.4. The van der Waals surface area contributed by atoms with Crippen molar-refractivity contribution in [2.24, 2.45) is 11.0 Å². The number of nitrogens with one attached hydrogen (secondary N) is 1. The molecule has 2 aromatic rings. The van der Waals surface area contributed by atoms with Gasteiger partial charge >= 0.3 is 0 Å². The lowest BCUT2D eigenvalue weighted by Gasteiger charge is -2.29. The standard InChI is InChI=1S/C19H19FN2OS/c1-13-4-9-17(18(11-13)14-5-7-15(20)8-6-14)19(23)22-21-12-16-3-2-10-24-16/h2-8,10,12,17-18H,9,11H2,1H3,(H,22,23)/b21-12-/t17-,18+/m0/s1. The van der Waals surface area contributed by atoms with Crippen molar-refractivity contribution in [1.29, 1.82) is 0 Å². The van der Waals surface area contributed by atoms with Crippen molar-refractivity contribution in [3.63, 3.8) is 0 Å². The number of nitrogens with zero attached hydrogens (tertiary/aromatic N) is 1. The van der Waals surface area contributed by atoms with E-state index in [4.69, 9.17) is 0 Å². The molecule has 1 aromatic carbocycles. The molecule has 0 radical (unpaired) electrons. The summed E-state index contributed by atoms with van der Waals surface area (Å²) in [6.45, 7) is 2.07. The Bertz CT molecular complexity index is 750. The van der Waals surface area contributed by atoms with Crippen LogP contribution in [0.4, 0.5) is 4.39 Å². The summed E-state index contributed by atoms with van der Waals surface area (Å²) >= 11 is 1.56. The Balaban J connectivity index is 1.73. The fourth-order valence-electron chi connectivity index (χ4n) is 3.02. The monoisotopic (exact) mass is 342 g/mol. The van der Waals surface area contributed by atoms with Gasteiger partial charge in [-0.3, -0.25) is 4.79 Å². The highest BCUT2D eigenvalue weighted by atomic mass is 32.1. The summed E-state index contributed by atoms with van der Waals surface area (Å²) in [6, 6.07) is 10.3. The zero-order chi connectivity index (χ0) is 16.9. The smallest absolute Gasteiger partial charge is 0.244 e. The Labute approximate surface area is 144 Å². The normalized spacial score (nSPS) is 20.8. The average Bonchev–Trinajstić information content (AvgIpc) is 3.09. The minimum Gasteiger partial charge on any atom is -0.273 e. The number of benzene rings is 1. The van der Waals surface area contributed by atoms with Crippen LogP contribution in [0, 0.1) is 11.7 Å². The van der Waals surface area contributed by atoms with Gasteiger partial charge < -0.3 is 0 Å². The van der Waals surface area contributed by atoms with Gasteiger partial charge in [0.2, 0.25) is 5.91 Å². The SMILES string of the molecule is CC1=CC[C@H](C(=O)N/N=C\c2cccs2)[C@@H](c2ccc(F)cc2)C1. The first-order valence-electron chi connectivity index (χ1n) is 7.91. The van der Waals surface area contributed by atoms with Gasteiger partial charge in [-0.25, -0.2) is 9.82 Å². The Kier molecular flexibility index (Phi) is 5.20. The predicted octanol–water partition coefficient (Wildman–Crippen LogP) is 4.48. The molecule has 24 heavy (non-hydrogen) atoms. The molecule has 1 amide bonds. The van der Waals surface area contributed by atoms with Crippen LogP contribution in [0.2, 0.25) is 0 Å². The van der Waals surface area contributed by atoms with E-state index in [-0.39, 0.29) is 23.6 Å². The maximum absolute atomic E-state index is 13.2. The summed E-state index contributed by atoms with van der Waals surface area (Å²) in [6.07, 6.45) is 5.24. The Hall–Kier alpha value is -2.27. The largest absolute Gasteiger partial charge is 0.273 e. The van der Waals surface area contributed by atoms with Gasteiger partial charge in [0.25, 0.3) is 0 Å². The highest BCUT2D eigenvalue weighted by Crippen LogP contribution is 2.37. The molecule has 124 valence electrons. The number of thiophene rings is 1. The van der Waals surface area contributed by atoms with Gasteiger partial charge in [-0.15, -0.1) is 11.3 Å². The molecule has 0 saturated heterocycles. The third kappa shape index (κ3) is 3.97. The number of amides is 1. The number of rotatable bonds is 4. The van der Waals surface area contributed by atoms with E-state index in [2.05, 4.69) is 23.5 Å². The van der Waals surface area contributed by atoms with E-state index in [1.54, 1.807) is 29.7 Å². The van der Waals surface area contributed by atoms with Crippen LogP contribution < -0.4 is 5.43 Å². The maximum atomic E-state index is 13.2. The lowest BCUT2D eigenvalue weighted by atomic mass is 9.75. The lowest BCUT2D eigenvalue weighted by molar-refractivity contribution is -0.125. The summed E-state index contributed by atoms with van der Waals surface area (Å²) in [5, 5.41) is 6.02. The second-order valence-electron chi connectivity index (χ2n) is 6.00. The quantitative estimate of drug-likeness (QED) is 0.497. The first kappa shape index (κ1) is 16.6. The number of hydrogen-bond donors (Lipinski definition) is 1. The van der Waals surface area contributed by atoms with Gasteiger partial charge in [0, 0.05) is 4.88 Å². The molecular formula is C19H19FN2OS. The number of carbonyl (C=O) groups excluding carboxylic acids is 1. The first-order valence-corrected chi connectivity index (χ1v) is 8.79. The predicted molar refractivity (Wildman–Crippen MR) is 95.7 cm³/mol. The van der Waals surface area contributed by atoms with Crippen molar-refractivity contribution in [2.45, 2.75) is 25.7 Å². The number of carbonyl (C=O) groups is 1. The Morgan fingerprint density at radius 2 is 2.12 bits per heavy atom. The number of hydrazone groups is 1. The summed E-state index contributed by atoms with van der Waals surface area (Å²) in [7, 11) is 0.